The minimum Gasteiger partial charge on any atom is -0.462 e. The summed E-state index contributed by atoms with van der Waals surface area (Å²) in [6.07, 6.45) is 0.192. The summed E-state index contributed by atoms with van der Waals surface area (Å²) in [7, 11) is 0. The number of benzene rings is 1. The molecule has 2 rings (SSSR count). The van der Waals surface area contributed by atoms with Crippen LogP contribution < -0.4 is 10.6 Å². The highest BCUT2D eigenvalue weighted by molar-refractivity contribution is 5.96. The van der Waals surface area contributed by atoms with Gasteiger partial charge in [0.25, 0.3) is 0 Å². The number of carbonyl (C=O) groups excluding carboxylic acids is 1. The number of hydrogen-bond acceptors (Lipinski definition) is 5. The predicted molar refractivity (Wildman–Crippen MR) is 74.4 cm³/mol. The van der Waals surface area contributed by atoms with Crippen molar-refractivity contribution in [2.45, 2.75) is 20.0 Å². The standard InChI is InChI=1S/C14H20N2O3/c1-3-18-14(17)12-8-11(4-5-13(12)15)16-6-7-19-10(2)9-16/h4-5,8,10H,3,6-7,9,15H2,1-2H3. The third-order valence-electron chi connectivity index (χ3n) is 3.14. The molecule has 19 heavy (non-hydrogen) atoms. The van der Waals surface area contributed by atoms with Crippen molar-refractivity contribution in [2.75, 3.05) is 36.9 Å². The van der Waals surface area contributed by atoms with Gasteiger partial charge in [0.05, 0.1) is 24.9 Å². The van der Waals surface area contributed by atoms with Crippen molar-refractivity contribution in [1.82, 2.24) is 0 Å². The molecule has 0 aliphatic carbocycles. The maximum absolute atomic E-state index is 11.8. The lowest BCUT2D eigenvalue weighted by atomic mass is 10.1. The molecule has 1 aromatic carbocycles. The van der Waals surface area contributed by atoms with E-state index in [-0.39, 0.29) is 12.1 Å². The van der Waals surface area contributed by atoms with E-state index in [2.05, 4.69) is 4.90 Å². The number of anilines is 2. The number of esters is 1. The molecule has 5 nitrogen and oxygen atoms in total. The van der Waals surface area contributed by atoms with Crippen molar-refractivity contribution < 1.29 is 14.3 Å². The Morgan fingerprint density at radius 1 is 1.58 bits per heavy atom. The van der Waals surface area contributed by atoms with E-state index >= 15 is 0 Å². The summed E-state index contributed by atoms with van der Waals surface area (Å²) < 4.78 is 10.5. The molecule has 1 unspecified atom stereocenters. The van der Waals surface area contributed by atoms with E-state index in [1.807, 2.05) is 13.0 Å². The van der Waals surface area contributed by atoms with Crippen LogP contribution in [-0.4, -0.2) is 38.4 Å². The Morgan fingerprint density at radius 3 is 3.05 bits per heavy atom. The molecule has 1 fully saturated rings. The zero-order valence-electron chi connectivity index (χ0n) is 11.4. The second-order valence-corrected chi connectivity index (χ2v) is 4.62. The number of nitrogen functional groups attached to an aromatic ring is 1. The molecule has 5 heteroatoms. The first-order chi connectivity index (χ1) is 9.11. The quantitative estimate of drug-likeness (QED) is 0.664. The van der Waals surface area contributed by atoms with Gasteiger partial charge in [-0.2, -0.15) is 0 Å². The van der Waals surface area contributed by atoms with Crippen LogP contribution >= 0.6 is 0 Å². The molecule has 0 radical (unpaired) electrons. The average molecular weight is 264 g/mol. The minimum absolute atomic E-state index is 0.192. The van der Waals surface area contributed by atoms with Crippen LogP contribution in [0.15, 0.2) is 18.2 Å². The highest BCUT2D eigenvalue weighted by atomic mass is 16.5. The lowest BCUT2D eigenvalue weighted by Crippen LogP contribution is -2.41. The van der Waals surface area contributed by atoms with Gasteiger partial charge in [-0.15, -0.1) is 0 Å². The van der Waals surface area contributed by atoms with Gasteiger partial charge in [0.15, 0.2) is 0 Å². The first-order valence-electron chi connectivity index (χ1n) is 6.55. The molecule has 2 N–H and O–H groups in total. The largest absolute Gasteiger partial charge is 0.462 e. The van der Waals surface area contributed by atoms with Crippen LogP contribution in [0.5, 0.6) is 0 Å². The number of rotatable bonds is 3. The summed E-state index contributed by atoms with van der Waals surface area (Å²) >= 11 is 0. The van der Waals surface area contributed by atoms with Gasteiger partial charge in [-0.3, -0.25) is 0 Å². The van der Waals surface area contributed by atoms with E-state index in [0.29, 0.717) is 24.5 Å². The fourth-order valence-corrected chi connectivity index (χ4v) is 2.18. The third-order valence-corrected chi connectivity index (χ3v) is 3.14. The maximum atomic E-state index is 11.8. The highest BCUT2D eigenvalue weighted by Gasteiger charge is 2.19. The van der Waals surface area contributed by atoms with Gasteiger partial charge < -0.3 is 20.1 Å². The molecule has 0 spiro atoms. The monoisotopic (exact) mass is 264 g/mol. The fourth-order valence-electron chi connectivity index (χ4n) is 2.18. The van der Waals surface area contributed by atoms with Crippen molar-refractivity contribution in [3.63, 3.8) is 0 Å². The normalized spacial score (nSPS) is 19.3. The van der Waals surface area contributed by atoms with E-state index in [9.17, 15) is 4.79 Å². The molecular weight excluding hydrogens is 244 g/mol. The van der Waals surface area contributed by atoms with Gasteiger partial charge in [0.1, 0.15) is 0 Å². The average Bonchev–Trinajstić information content (AvgIpc) is 2.39. The van der Waals surface area contributed by atoms with Gasteiger partial charge in [0, 0.05) is 24.5 Å². The van der Waals surface area contributed by atoms with Crippen molar-refractivity contribution >= 4 is 17.3 Å². The molecular formula is C14H20N2O3. The first-order valence-corrected chi connectivity index (χ1v) is 6.55. The van der Waals surface area contributed by atoms with Gasteiger partial charge >= 0.3 is 5.97 Å². The summed E-state index contributed by atoms with van der Waals surface area (Å²) in [6, 6.07) is 5.48. The smallest absolute Gasteiger partial charge is 0.340 e. The highest BCUT2D eigenvalue weighted by Crippen LogP contribution is 2.23. The third kappa shape index (κ3) is 3.17. The van der Waals surface area contributed by atoms with Crippen molar-refractivity contribution in [3.8, 4) is 0 Å². The van der Waals surface area contributed by atoms with Crippen LogP contribution in [-0.2, 0) is 9.47 Å². The zero-order valence-corrected chi connectivity index (χ0v) is 11.4. The van der Waals surface area contributed by atoms with Crippen molar-refractivity contribution in [3.05, 3.63) is 23.8 Å². The minimum atomic E-state index is -0.372. The van der Waals surface area contributed by atoms with Crippen molar-refractivity contribution in [2.24, 2.45) is 0 Å². The van der Waals surface area contributed by atoms with E-state index in [1.165, 1.54) is 0 Å². The summed E-state index contributed by atoms with van der Waals surface area (Å²) in [4.78, 5) is 14.0. The molecule has 1 aliphatic heterocycles. The topological polar surface area (TPSA) is 64.8 Å². The second-order valence-electron chi connectivity index (χ2n) is 4.62. The van der Waals surface area contributed by atoms with Gasteiger partial charge in [-0.1, -0.05) is 0 Å². The summed E-state index contributed by atoms with van der Waals surface area (Å²) in [5.41, 5.74) is 7.69. The van der Waals surface area contributed by atoms with Crippen LogP contribution in [0.1, 0.15) is 24.2 Å². The predicted octanol–water partition coefficient (Wildman–Crippen LogP) is 1.67. The number of nitrogens with zero attached hydrogens (tertiary/aromatic N) is 1. The molecule has 0 saturated carbocycles. The Labute approximate surface area is 113 Å². The van der Waals surface area contributed by atoms with E-state index in [0.717, 1.165) is 18.8 Å². The Kier molecular flexibility index (Phi) is 4.27. The van der Waals surface area contributed by atoms with Crippen LogP contribution in [0, 0.1) is 0 Å². The molecule has 0 aromatic heterocycles. The van der Waals surface area contributed by atoms with Gasteiger partial charge in [-0.25, -0.2) is 4.79 Å². The number of nitrogens with two attached hydrogens (primary N) is 1. The summed E-state index contributed by atoms with van der Waals surface area (Å²) in [6.45, 7) is 6.48. The van der Waals surface area contributed by atoms with Crippen LogP contribution in [0.2, 0.25) is 0 Å². The maximum Gasteiger partial charge on any atom is 0.340 e. The Hall–Kier alpha value is -1.75. The second kappa shape index (κ2) is 5.93. The molecule has 1 saturated heterocycles. The van der Waals surface area contributed by atoms with E-state index < -0.39 is 0 Å². The summed E-state index contributed by atoms with van der Waals surface area (Å²) in [5, 5.41) is 0. The van der Waals surface area contributed by atoms with Gasteiger partial charge in [0.2, 0.25) is 0 Å². The lowest BCUT2D eigenvalue weighted by Gasteiger charge is -2.33. The summed E-state index contributed by atoms with van der Waals surface area (Å²) in [5.74, 6) is -0.372. The van der Waals surface area contributed by atoms with Crippen LogP contribution in [0.25, 0.3) is 0 Å². The number of carbonyl (C=O) groups is 1. The SMILES string of the molecule is CCOC(=O)c1cc(N2CCOC(C)C2)ccc1N. The van der Waals surface area contributed by atoms with E-state index in [1.54, 1.807) is 19.1 Å². The van der Waals surface area contributed by atoms with Crippen molar-refractivity contribution in [1.29, 1.82) is 0 Å². The van der Waals surface area contributed by atoms with Crippen LogP contribution in [0.4, 0.5) is 11.4 Å². The zero-order chi connectivity index (χ0) is 13.8. The fraction of sp³-hybridized carbons (Fsp3) is 0.500. The Morgan fingerprint density at radius 2 is 2.37 bits per heavy atom. The van der Waals surface area contributed by atoms with E-state index in [4.69, 9.17) is 15.2 Å². The molecule has 1 atom stereocenters. The number of hydrogen-bond donors (Lipinski definition) is 1. The Bertz CT molecular complexity index is 462. The Balaban J connectivity index is 2.22. The van der Waals surface area contributed by atoms with Gasteiger partial charge in [-0.05, 0) is 32.0 Å². The first kappa shape index (κ1) is 13.7. The number of morpholine rings is 1. The molecule has 1 aliphatic rings. The molecule has 0 amide bonds. The molecule has 1 heterocycles. The molecule has 0 bridgehead atoms. The molecule has 1 aromatic rings. The lowest BCUT2D eigenvalue weighted by molar-refractivity contribution is 0.0526. The molecule has 104 valence electrons. The van der Waals surface area contributed by atoms with Crippen LogP contribution in [0.3, 0.4) is 0 Å². The number of ether oxygens (including phenoxy) is 2.